The van der Waals surface area contributed by atoms with Crippen molar-refractivity contribution in [3.63, 3.8) is 0 Å². The summed E-state index contributed by atoms with van der Waals surface area (Å²) in [6, 6.07) is 5.13. The molecule has 6 heteroatoms. The van der Waals surface area contributed by atoms with E-state index in [0.29, 0.717) is 12.4 Å². The smallest absolute Gasteiger partial charge is 0.328 e. The van der Waals surface area contributed by atoms with Crippen molar-refractivity contribution in [3.8, 4) is 5.75 Å². The highest BCUT2D eigenvalue weighted by molar-refractivity contribution is 5.96. The summed E-state index contributed by atoms with van der Waals surface area (Å²) in [6.45, 7) is 1.85. The van der Waals surface area contributed by atoms with Crippen LogP contribution in [0.5, 0.6) is 5.75 Å². The molecule has 0 heterocycles. The Labute approximate surface area is 111 Å². The maximum absolute atomic E-state index is 11.8. The van der Waals surface area contributed by atoms with Crippen LogP contribution < -0.4 is 10.1 Å². The SMILES string of the molecule is CCCOc1cccc(C(=O)N[C@H](CO)C(=O)O)c1. The van der Waals surface area contributed by atoms with Crippen LogP contribution in [0.1, 0.15) is 23.7 Å². The molecule has 3 N–H and O–H groups in total. The first kappa shape index (κ1) is 15.0. The monoisotopic (exact) mass is 267 g/mol. The number of rotatable bonds is 7. The van der Waals surface area contributed by atoms with Gasteiger partial charge in [-0.15, -0.1) is 0 Å². The van der Waals surface area contributed by atoms with Crippen molar-refractivity contribution in [2.45, 2.75) is 19.4 Å². The quantitative estimate of drug-likeness (QED) is 0.674. The number of aliphatic hydroxyl groups excluding tert-OH is 1. The van der Waals surface area contributed by atoms with Gasteiger partial charge < -0.3 is 20.3 Å². The number of ether oxygens (including phenoxy) is 1. The zero-order valence-electron chi connectivity index (χ0n) is 10.6. The fourth-order valence-corrected chi connectivity index (χ4v) is 1.37. The fourth-order valence-electron chi connectivity index (χ4n) is 1.37. The molecule has 0 saturated heterocycles. The van der Waals surface area contributed by atoms with E-state index < -0.39 is 24.5 Å². The van der Waals surface area contributed by atoms with E-state index in [1.165, 1.54) is 6.07 Å². The molecule has 1 amide bonds. The summed E-state index contributed by atoms with van der Waals surface area (Å²) in [7, 11) is 0. The average Bonchev–Trinajstić information content (AvgIpc) is 2.42. The lowest BCUT2D eigenvalue weighted by atomic mass is 10.2. The third-order valence-corrected chi connectivity index (χ3v) is 2.36. The van der Waals surface area contributed by atoms with Crippen molar-refractivity contribution >= 4 is 11.9 Å². The second-order valence-electron chi connectivity index (χ2n) is 3.92. The van der Waals surface area contributed by atoms with E-state index in [1.54, 1.807) is 18.2 Å². The summed E-state index contributed by atoms with van der Waals surface area (Å²) in [5.74, 6) is -1.30. The molecule has 0 unspecified atom stereocenters. The number of benzene rings is 1. The van der Waals surface area contributed by atoms with Gasteiger partial charge in [0.15, 0.2) is 6.04 Å². The summed E-state index contributed by atoms with van der Waals surface area (Å²) in [6.07, 6.45) is 0.849. The number of nitrogens with one attached hydrogen (secondary N) is 1. The van der Waals surface area contributed by atoms with Gasteiger partial charge in [-0.1, -0.05) is 13.0 Å². The third-order valence-electron chi connectivity index (χ3n) is 2.36. The van der Waals surface area contributed by atoms with Crippen LogP contribution in [0.25, 0.3) is 0 Å². The van der Waals surface area contributed by atoms with Crippen molar-refractivity contribution in [2.75, 3.05) is 13.2 Å². The molecule has 0 fully saturated rings. The Kier molecular flexibility index (Phi) is 5.81. The molecule has 0 aliphatic carbocycles. The molecule has 1 aromatic carbocycles. The Hall–Kier alpha value is -2.08. The second kappa shape index (κ2) is 7.38. The Morgan fingerprint density at radius 3 is 2.74 bits per heavy atom. The highest BCUT2D eigenvalue weighted by atomic mass is 16.5. The van der Waals surface area contributed by atoms with Gasteiger partial charge in [-0.05, 0) is 24.6 Å². The van der Waals surface area contributed by atoms with E-state index in [2.05, 4.69) is 5.32 Å². The zero-order chi connectivity index (χ0) is 14.3. The Morgan fingerprint density at radius 1 is 1.42 bits per heavy atom. The average molecular weight is 267 g/mol. The van der Waals surface area contributed by atoms with Crippen LogP contribution in [0.15, 0.2) is 24.3 Å². The lowest BCUT2D eigenvalue weighted by Crippen LogP contribution is -2.43. The maximum atomic E-state index is 11.8. The number of aliphatic carboxylic acids is 1. The van der Waals surface area contributed by atoms with Crippen LogP contribution >= 0.6 is 0 Å². The Morgan fingerprint density at radius 2 is 2.16 bits per heavy atom. The fraction of sp³-hybridized carbons (Fsp3) is 0.385. The van der Waals surface area contributed by atoms with Gasteiger partial charge in [0.25, 0.3) is 5.91 Å². The predicted octanol–water partition coefficient (Wildman–Crippen LogP) is 0.651. The van der Waals surface area contributed by atoms with Crippen LogP contribution in [0.4, 0.5) is 0 Å². The van der Waals surface area contributed by atoms with Gasteiger partial charge in [-0.25, -0.2) is 4.79 Å². The van der Waals surface area contributed by atoms with Crippen LogP contribution in [0.3, 0.4) is 0 Å². The highest BCUT2D eigenvalue weighted by Gasteiger charge is 2.19. The van der Waals surface area contributed by atoms with E-state index in [0.717, 1.165) is 6.42 Å². The Balaban J connectivity index is 2.73. The minimum absolute atomic E-state index is 0.285. The van der Waals surface area contributed by atoms with E-state index in [1.807, 2.05) is 6.92 Å². The van der Waals surface area contributed by atoms with Crippen molar-refractivity contribution in [1.82, 2.24) is 5.32 Å². The molecule has 0 saturated carbocycles. The van der Waals surface area contributed by atoms with Crippen molar-refractivity contribution in [2.24, 2.45) is 0 Å². The molecule has 1 rings (SSSR count). The standard InChI is InChI=1S/C13H17NO5/c1-2-6-19-10-5-3-4-9(7-10)12(16)14-11(8-15)13(17)18/h3-5,7,11,15H,2,6,8H2,1H3,(H,14,16)(H,17,18)/t11-/m1/s1. The van der Waals surface area contributed by atoms with Gasteiger partial charge in [0.05, 0.1) is 13.2 Å². The van der Waals surface area contributed by atoms with Crippen molar-refractivity contribution in [3.05, 3.63) is 29.8 Å². The molecule has 0 spiro atoms. The van der Waals surface area contributed by atoms with Gasteiger partial charge in [0.1, 0.15) is 5.75 Å². The number of carbonyl (C=O) groups is 2. The van der Waals surface area contributed by atoms with Gasteiger partial charge in [-0.2, -0.15) is 0 Å². The van der Waals surface area contributed by atoms with Crippen LogP contribution in [-0.2, 0) is 4.79 Å². The topological polar surface area (TPSA) is 95.9 Å². The largest absolute Gasteiger partial charge is 0.494 e. The van der Waals surface area contributed by atoms with Crippen LogP contribution in [-0.4, -0.2) is 41.3 Å². The minimum Gasteiger partial charge on any atom is -0.494 e. The number of hydrogen-bond donors (Lipinski definition) is 3. The van der Waals surface area contributed by atoms with Gasteiger partial charge >= 0.3 is 5.97 Å². The van der Waals surface area contributed by atoms with E-state index in [9.17, 15) is 9.59 Å². The number of amides is 1. The van der Waals surface area contributed by atoms with E-state index in [4.69, 9.17) is 14.9 Å². The first-order valence-electron chi connectivity index (χ1n) is 5.95. The molecule has 0 aliphatic heterocycles. The molecule has 1 atom stereocenters. The molecule has 0 bridgehead atoms. The minimum atomic E-state index is -1.31. The number of carbonyl (C=O) groups excluding carboxylic acids is 1. The zero-order valence-corrected chi connectivity index (χ0v) is 10.6. The summed E-state index contributed by atoms with van der Waals surface area (Å²) in [4.78, 5) is 22.5. The Bertz CT molecular complexity index is 446. The van der Waals surface area contributed by atoms with Gasteiger partial charge in [-0.3, -0.25) is 4.79 Å². The number of carboxylic acids is 1. The summed E-state index contributed by atoms with van der Waals surface area (Å²) in [5.41, 5.74) is 0.285. The summed E-state index contributed by atoms with van der Waals surface area (Å²) >= 11 is 0. The molecule has 0 aliphatic rings. The van der Waals surface area contributed by atoms with Gasteiger partial charge in [0, 0.05) is 5.56 Å². The molecule has 104 valence electrons. The number of carboxylic acid groups (broad SMARTS) is 1. The normalized spacial score (nSPS) is 11.7. The first-order valence-corrected chi connectivity index (χ1v) is 5.95. The van der Waals surface area contributed by atoms with Crippen molar-refractivity contribution in [1.29, 1.82) is 0 Å². The van der Waals surface area contributed by atoms with Gasteiger partial charge in [0.2, 0.25) is 0 Å². The predicted molar refractivity (Wildman–Crippen MR) is 68.2 cm³/mol. The van der Waals surface area contributed by atoms with E-state index in [-0.39, 0.29) is 5.56 Å². The molecule has 6 nitrogen and oxygen atoms in total. The summed E-state index contributed by atoms with van der Waals surface area (Å²) in [5, 5.41) is 19.8. The maximum Gasteiger partial charge on any atom is 0.328 e. The van der Waals surface area contributed by atoms with E-state index >= 15 is 0 Å². The molecule has 1 aromatic rings. The molecule has 0 aromatic heterocycles. The third kappa shape index (κ3) is 4.59. The lowest BCUT2D eigenvalue weighted by molar-refractivity contribution is -0.140. The van der Waals surface area contributed by atoms with Crippen LogP contribution in [0.2, 0.25) is 0 Å². The molecular weight excluding hydrogens is 250 g/mol. The highest BCUT2D eigenvalue weighted by Crippen LogP contribution is 2.13. The van der Waals surface area contributed by atoms with Crippen molar-refractivity contribution < 1.29 is 24.5 Å². The second-order valence-corrected chi connectivity index (χ2v) is 3.92. The summed E-state index contributed by atoms with van der Waals surface area (Å²) < 4.78 is 5.38. The first-order chi connectivity index (χ1) is 9.08. The molecule has 19 heavy (non-hydrogen) atoms. The molecule has 0 radical (unpaired) electrons. The molecular formula is C13H17NO5. The lowest BCUT2D eigenvalue weighted by Gasteiger charge is -2.12. The van der Waals surface area contributed by atoms with Crippen LogP contribution in [0, 0.1) is 0 Å². The number of aliphatic hydroxyl groups is 1. The number of hydrogen-bond acceptors (Lipinski definition) is 4.